The predicted octanol–water partition coefficient (Wildman–Crippen LogP) is 3.08. The Labute approximate surface area is 116 Å². The summed E-state index contributed by atoms with van der Waals surface area (Å²) < 4.78 is 0. The number of carbonyl (C=O) groups excluding carboxylic acids is 1. The molecule has 0 aliphatic heterocycles. The van der Waals surface area contributed by atoms with Crippen molar-refractivity contribution in [2.45, 2.75) is 46.6 Å². The Hall–Kier alpha value is -1.58. The minimum absolute atomic E-state index is 0.0679. The van der Waals surface area contributed by atoms with E-state index in [9.17, 15) is 4.79 Å². The molecule has 1 aromatic heterocycles. The summed E-state index contributed by atoms with van der Waals surface area (Å²) in [5.41, 5.74) is 1.57. The summed E-state index contributed by atoms with van der Waals surface area (Å²) in [5, 5.41) is 3.16. The average Bonchev–Trinajstić information content (AvgIpc) is 2.38. The number of aryl methyl sites for hydroxylation is 1. The fourth-order valence-electron chi connectivity index (χ4n) is 2.27. The van der Waals surface area contributed by atoms with Gasteiger partial charge in [0, 0.05) is 30.9 Å². The highest BCUT2D eigenvalue weighted by Gasteiger charge is 2.19. The van der Waals surface area contributed by atoms with E-state index in [0.717, 1.165) is 30.9 Å². The van der Waals surface area contributed by atoms with Gasteiger partial charge in [0.1, 0.15) is 5.82 Å². The van der Waals surface area contributed by atoms with Crippen molar-refractivity contribution in [3.05, 3.63) is 23.4 Å². The number of rotatable bonds is 6. The number of anilines is 1. The Kier molecular flexibility index (Phi) is 5.80. The lowest BCUT2D eigenvalue weighted by atomic mass is 10.1. The first kappa shape index (κ1) is 15.5. The van der Waals surface area contributed by atoms with Crippen LogP contribution in [0.25, 0.3) is 0 Å². The van der Waals surface area contributed by atoms with Crippen LogP contribution < -0.4 is 5.32 Å². The number of aromatic nitrogens is 1. The van der Waals surface area contributed by atoms with E-state index in [-0.39, 0.29) is 5.91 Å². The molecule has 0 aliphatic rings. The molecule has 0 radical (unpaired) electrons. The van der Waals surface area contributed by atoms with Crippen molar-refractivity contribution in [1.29, 1.82) is 0 Å². The van der Waals surface area contributed by atoms with Crippen LogP contribution in [0.2, 0.25) is 0 Å². The topological polar surface area (TPSA) is 45.2 Å². The van der Waals surface area contributed by atoms with Gasteiger partial charge >= 0.3 is 0 Å². The fraction of sp³-hybridized carbons (Fsp3) is 0.600. The number of pyridine rings is 1. The van der Waals surface area contributed by atoms with E-state index in [4.69, 9.17) is 0 Å². The van der Waals surface area contributed by atoms with E-state index in [1.807, 2.05) is 37.9 Å². The van der Waals surface area contributed by atoms with E-state index >= 15 is 0 Å². The van der Waals surface area contributed by atoms with Crippen molar-refractivity contribution >= 4 is 11.7 Å². The zero-order chi connectivity index (χ0) is 14.4. The molecule has 0 aromatic carbocycles. The molecule has 0 saturated carbocycles. The molecular formula is C15H25N3O. The average molecular weight is 263 g/mol. The first-order valence-corrected chi connectivity index (χ1v) is 7.03. The van der Waals surface area contributed by atoms with Gasteiger partial charge in [-0.2, -0.15) is 0 Å². The van der Waals surface area contributed by atoms with Crippen molar-refractivity contribution in [3.63, 3.8) is 0 Å². The zero-order valence-electron chi connectivity index (χ0n) is 12.7. The lowest BCUT2D eigenvalue weighted by Crippen LogP contribution is -2.36. The second-order valence-corrected chi connectivity index (χ2v) is 4.80. The molecule has 0 aliphatic carbocycles. The van der Waals surface area contributed by atoms with Gasteiger partial charge in [0.2, 0.25) is 0 Å². The standard InChI is InChI=1S/C15H25N3O/c1-6-13(7-2)18(5)15(19)12-9-11(4)17-14(10-12)16-8-3/h9-10,13H,6-8H2,1-5H3,(H,16,17). The van der Waals surface area contributed by atoms with Crippen LogP contribution in [0, 0.1) is 6.92 Å². The number of hydrogen-bond donors (Lipinski definition) is 1. The number of nitrogens with zero attached hydrogens (tertiary/aromatic N) is 2. The maximum atomic E-state index is 12.5. The minimum Gasteiger partial charge on any atom is -0.370 e. The molecule has 4 heteroatoms. The zero-order valence-corrected chi connectivity index (χ0v) is 12.7. The third-order valence-electron chi connectivity index (χ3n) is 3.37. The predicted molar refractivity (Wildman–Crippen MR) is 79.6 cm³/mol. The van der Waals surface area contributed by atoms with E-state index in [2.05, 4.69) is 24.1 Å². The molecule has 1 amide bonds. The minimum atomic E-state index is 0.0679. The molecule has 1 rings (SSSR count). The Bertz CT molecular complexity index is 427. The summed E-state index contributed by atoms with van der Waals surface area (Å²) in [6.45, 7) is 8.95. The first-order chi connectivity index (χ1) is 9.03. The fourth-order valence-corrected chi connectivity index (χ4v) is 2.27. The Morgan fingerprint density at radius 3 is 2.47 bits per heavy atom. The molecule has 0 fully saturated rings. The number of nitrogens with one attached hydrogen (secondary N) is 1. The molecule has 1 N–H and O–H groups in total. The van der Waals surface area contributed by atoms with Crippen LogP contribution in [0.5, 0.6) is 0 Å². The summed E-state index contributed by atoms with van der Waals surface area (Å²) >= 11 is 0. The molecule has 0 atom stereocenters. The molecule has 4 nitrogen and oxygen atoms in total. The molecule has 1 heterocycles. The summed E-state index contributed by atoms with van der Waals surface area (Å²) in [6, 6.07) is 3.98. The van der Waals surface area contributed by atoms with Crippen molar-refractivity contribution < 1.29 is 4.79 Å². The van der Waals surface area contributed by atoms with Crippen LogP contribution in [0.4, 0.5) is 5.82 Å². The quantitative estimate of drug-likeness (QED) is 0.858. The normalized spacial score (nSPS) is 10.6. The maximum Gasteiger partial charge on any atom is 0.254 e. The van der Waals surface area contributed by atoms with Gasteiger partial charge < -0.3 is 10.2 Å². The molecule has 0 bridgehead atoms. The van der Waals surface area contributed by atoms with Gasteiger partial charge in [0.15, 0.2) is 0 Å². The van der Waals surface area contributed by atoms with E-state index in [1.54, 1.807) is 0 Å². The lowest BCUT2D eigenvalue weighted by Gasteiger charge is -2.26. The number of hydrogen-bond acceptors (Lipinski definition) is 3. The van der Waals surface area contributed by atoms with E-state index in [0.29, 0.717) is 11.6 Å². The SMILES string of the molecule is CCNc1cc(C(=O)N(C)C(CC)CC)cc(C)n1. The van der Waals surface area contributed by atoms with Crippen molar-refractivity contribution in [1.82, 2.24) is 9.88 Å². The number of carbonyl (C=O) groups is 1. The second-order valence-electron chi connectivity index (χ2n) is 4.80. The van der Waals surface area contributed by atoms with Crippen LogP contribution in [0.1, 0.15) is 49.7 Å². The second kappa shape index (κ2) is 7.12. The Morgan fingerprint density at radius 1 is 1.32 bits per heavy atom. The highest BCUT2D eigenvalue weighted by atomic mass is 16.2. The summed E-state index contributed by atoms with van der Waals surface area (Å²) in [7, 11) is 1.88. The number of amides is 1. The van der Waals surface area contributed by atoms with Gasteiger partial charge in [0.05, 0.1) is 0 Å². The van der Waals surface area contributed by atoms with Crippen LogP contribution in [0.3, 0.4) is 0 Å². The van der Waals surface area contributed by atoms with Crippen LogP contribution in [-0.2, 0) is 0 Å². The molecule has 0 saturated heterocycles. The summed E-state index contributed by atoms with van der Waals surface area (Å²) in [6.07, 6.45) is 1.95. The first-order valence-electron chi connectivity index (χ1n) is 7.03. The van der Waals surface area contributed by atoms with E-state index < -0.39 is 0 Å². The van der Waals surface area contributed by atoms with Crippen molar-refractivity contribution in [2.24, 2.45) is 0 Å². The maximum absolute atomic E-state index is 12.5. The third kappa shape index (κ3) is 3.94. The van der Waals surface area contributed by atoms with Gasteiger partial charge in [-0.3, -0.25) is 4.79 Å². The van der Waals surface area contributed by atoms with Gasteiger partial charge in [-0.25, -0.2) is 4.98 Å². The summed E-state index contributed by atoms with van der Waals surface area (Å²) in [4.78, 5) is 18.7. The molecule has 1 aromatic rings. The molecular weight excluding hydrogens is 238 g/mol. The molecule has 0 unspecified atom stereocenters. The largest absolute Gasteiger partial charge is 0.370 e. The van der Waals surface area contributed by atoms with Crippen molar-refractivity contribution in [2.75, 3.05) is 18.9 Å². The molecule has 19 heavy (non-hydrogen) atoms. The van der Waals surface area contributed by atoms with Crippen molar-refractivity contribution in [3.8, 4) is 0 Å². The van der Waals surface area contributed by atoms with Crippen LogP contribution >= 0.6 is 0 Å². The lowest BCUT2D eigenvalue weighted by molar-refractivity contribution is 0.0723. The molecule has 106 valence electrons. The van der Waals surface area contributed by atoms with Crippen LogP contribution in [0.15, 0.2) is 12.1 Å². The highest BCUT2D eigenvalue weighted by molar-refractivity contribution is 5.95. The van der Waals surface area contributed by atoms with E-state index in [1.165, 1.54) is 0 Å². The van der Waals surface area contributed by atoms with Gasteiger partial charge in [0.25, 0.3) is 5.91 Å². The molecule has 0 spiro atoms. The third-order valence-corrected chi connectivity index (χ3v) is 3.37. The monoisotopic (exact) mass is 263 g/mol. The van der Waals surface area contributed by atoms with Gasteiger partial charge in [-0.15, -0.1) is 0 Å². The Balaban J connectivity index is 2.98. The highest BCUT2D eigenvalue weighted by Crippen LogP contribution is 2.15. The van der Waals surface area contributed by atoms with Gasteiger partial charge in [-0.05, 0) is 38.8 Å². The Morgan fingerprint density at radius 2 is 1.95 bits per heavy atom. The smallest absolute Gasteiger partial charge is 0.254 e. The van der Waals surface area contributed by atoms with Gasteiger partial charge in [-0.1, -0.05) is 13.8 Å². The summed E-state index contributed by atoms with van der Waals surface area (Å²) in [5.74, 6) is 0.835. The van der Waals surface area contributed by atoms with Crippen LogP contribution in [-0.4, -0.2) is 35.4 Å².